The summed E-state index contributed by atoms with van der Waals surface area (Å²) in [5.74, 6) is 0.670. The third kappa shape index (κ3) is 3.93. The minimum absolute atomic E-state index is 0.315. The Balaban J connectivity index is 1.54. The van der Waals surface area contributed by atoms with Crippen LogP contribution in [-0.4, -0.2) is 49.0 Å². The molecule has 2 fully saturated rings. The molecule has 1 aliphatic heterocycles. The molecule has 2 aromatic rings. The third-order valence-electron chi connectivity index (χ3n) is 5.96. The lowest BCUT2D eigenvalue weighted by molar-refractivity contribution is -0.137. The molecule has 8 heteroatoms. The van der Waals surface area contributed by atoms with E-state index in [1.165, 1.54) is 0 Å². The molecular weight excluding hydrogens is 398 g/mol. The van der Waals surface area contributed by atoms with Gasteiger partial charge in [0.1, 0.15) is 23.6 Å². The van der Waals surface area contributed by atoms with Gasteiger partial charge in [0.05, 0.1) is 20.3 Å². The molecule has 0 atom stereocenters. The maximum Gasteiger partial charge on any atom is 0.325 e. The molecular formula is C23H25N3O5. The summed E-state index contributed by atoms with van der Waals surface area (Å²) in [4.78, 5) is 38.8. The zero-order valence-electron chi connectivity index (χ0n) is 17.5. The van der Waals surface area contributed by atoms with Crippen molar-refractivity contribution in [2.24, 2.45) is 0 Å². The van der Waals surface area contributed by atoms with Crippen LogP contribution in [0.15, 0.2) is 48.5 Å². The van der Waals surface area contributed by atoms with E-state index in [0.29, 0.717) is 24.3 Å². The highest BCUT2D eigenvalue weighted by Crippen LogP contribution is 2.37. The number of nitrogens with zero attached hydrogens (tertiary/aromatic N) is 1. The molecule has 2 N–H and O–H groups in total. The van der Waals surface area contributed by atoms with Crippen LogP contribution in [0.2, 0.25) is 0 Å². The van der Waals surface area contributed by atoms with Crippen molar-refractivity contribution in [3.05, 3.63) is 59.7 Å². The Kier molecular flexibility index (Phi) is 5.54. The van der Waals surface area contributed by atoms with E-state index in [9.17, 15) is 14.4 Å². The van der Waals surface area contributed by atoms with Crippen molar-refractivity contribution in [3.8, 4) is 11.5 Å². The number of methoxy groups -OCH3 is 2. The minimum Gasteiger partial charge on any atom is -0.497 e. The second-order valence-electron chi connectivity index (χ2n) is 7.80. The molecule has 1 spiro atoms. The van der Waals surface area contributed by atoms with Crippen LogP contribution in [0.25, 0.3) is 0 Å². The molecule has 0 radical (unpaired) electrons. The molecule has 1 heterocycles. The number of rotatable bonds is 7. The van der Waals surface area contributed by atoms with Gasteiger partial charge < -0.3 is 20.1 Å². The van der Waals surface area contributed by atoms with E-state index in [-0.39, 0.29) is 12.5 Å². The van der Waals surface area contributed by atoms with Gasteiger partial charge in [-0.15, -0.1) is 0 Å². The van der Waals surface area contributed by atoms with Gasteiger partial charge in [-0.25, -0.2) is 4.79 Å². The van der Waals surface area contributed by atoms with Crippen LogP contribution in [0.4, 0.5) is 4.79 Å². The first-order valence-electron chi connectivity index (χ1n) is 10.2. The molecule has 0 unspecified atom stereocenters. The fourth-order valence-corrected chi connectivity index (χ4v) is 3.99. The van der Waals surface area contributed by atoms with E-state index in [1.54, 1.807) is 14.2 Å². The van der Waals surface area contributed by atoms with E-state index in [4.69, 9.17) is 9.47 Å². The van der Waals surface area contributed by atoms with Gasteiger partial charge in [-0.05, 0) is 54.7 Å². The zero-order valence-corrected chi connectivity index (χ0v) is 17.5. The third-order valence-corrected chi connectivity index (χ3v) is 5.96. The lowest BCUT2D eigenvalue weighted by Gasteiger charge is -2.34. The molecule has 8 nitrogen and oxygen atoms in total. The molecule has 0 bridgehead atoms. The van der Waals surface area contributed by atoms with Crippen molar-refractivity contribution in [1.29, 1.82) is 0 Å². The zero-order chi connectivity index (χ0) is 22.0. The number of hydrogen-bond donors (Lipinski definition) is 2. The van der Waals surface area contributed by atoms with Gasteiger partial charge in [0.15, 0.2) is 0 Å². The Labute approximate surface area is 180 Å². The highest BCUT2D eigenvalue weighted by Gasteiger charge is 2.55. The van der Waals surface area contributed by atoms with Crippen molar-refractivity contribution < 1.29 is 23.9 Å². The predicted molar refractivity (Wildman–Crippen MR) is 113 cm³/mol. The average Bonchev–Trinajstić information content (AvgIpc) is 3.03. The summed E-state index contributed by atoms with van der Waals surface area (Å²) in [5.41, 5.74) is 0.877. The summed E-state index contributed by atoms with van der Waals surface area (Å²) in [5, 5.41) is 5.71. The van der Waals surface area contributed by atoms with Gasteiger partial charge in [0.2, 0.25) is 5.91 Å². The molecule has 2 aliphatic rings. The lowest BCUT2D eigenvalue weighted by Crippen LogP contribution is -2.53. The van der Waals surface area contributed by atoms with Crippen LogP contribution < -0.4 is 20.1 Å². The van der Waals surface area contributed by atoms with E-state index < -0.39 is 23.5 Å². The average molecular weight is 423 g/mol. The van der Waals surface area contributed by atoms with E-state index in [0.717, 1.165) is 22.4 Å². The van der Waals surface area contributed by atoms with Crippen molar-refractivity contribution >= 4 is 17.8 Å². The summed E-state index contributed by atoms with van der Waals surface area (Å²) in [6.07, 6.45) is 2.13. The second kappa shape index (κ2) is 8.29. The minimum atomic E-state index is -0.803. The molecule has 31 heavy (non-hydrogen) atoms. The quantitative estimate of drug-likeness (QED) is 0.667. The van der Waals surface area contributed by atoms with E-state index in [1.807, 2.05) is 48.5 Å². The number of carbonyl (C=O) groups excluding carboxylic acids is 3. The number of amides is 4. The molecule has 1 saturated carbocycles. The molecule has 162 valence electrons. The number of benzene rings is 2. The monoisotopic (exact) mass is 423 g/mol. The van der Waals surface area contributed by atoms with Gasteiger partial charge in [-0.2, -0.15) is 0 Å². The number of hydrogen-bond acceptors (Lipinski definition) is 5. The maximum absolute atomic E-state index is 12.9. The number of nitrogens with one attached hydrogen (secondary N) is 2. The summed E-state index contributed by atoms with van der Waals surface area (Å²) in [7, 11) is 3.18. The second-order valence-corrected chi connectivity index (χ2v) is 7.80. The number of urea groups is 1. The smallest absolute Gasteiger partial charge is 0.325 e. The fourth-order valence-electron chi connectivity index (χ4n) is 3.99. The predicted octanol–water partition coefficient (Wildman–Crippen LogP) is 2.38. The Morgan fingerprint density at radius 1 is 1.00 bits per heavy atom. The molecule has 4 amide bonds. The molecule has 2 aromatic carbocycles. The number of ether oxygens (including phenoxy) is 2. The van der Waals surface area contributed by atoms with Crippen LogP contribution in [0.3, 0.4) is 0 Å². The van der Waals surface area contributed by atoms with Crippen molar-refractivity contribution in [1.82, 2.24) is 15.5 Å². The first kappa shape index (κ1) is 20.7. The first-order chi connectivity index (χ1) is 15.0. The number of imide groups is 1. The SMILES string of the molecule is COc1ccc(C(NC(=O)CN2C(=O)NC3(CCC3)C2=O)c2ccc(OC)cc2)cc1. The van der Waals surface area contributed by atoms with Gasteiger partial charge in [-0.1, -0.05) is 24.3 Å². The standard InChI is InChI=1S/C23H25N3O5/c1-30-17-8-4-15(5-9-17)20(16-6-10-18(31-2)11-7-16)24-19(27)14-26-21(28)23(12-3-13-23)25-22(26)29/h4-11,20H,3,12-14H2,1-2H3,(H,24,27)(H,25,29). The van der Waals surface area contributed by atoms with Crippen LogP contribution in [0, 0.1) is 0 Å². The Hall–Kier alpha value is -3.55. The van der Waals surface area contributed by atoms with Crippen LogP contribution in [0.1, 0.15) is 36.4 Å². The maximum atomic E-state index is 12.9. The summed E-state index contributed by atoms with van der Waals surface area (Å²) in [6.45, 7) is -0.324. The molecule has 0 aromatic heterocycles. The topological polar surface area (TPSA) is 97.0 Å². The van der Waals surface area contributed by atoms with Crippen LogP contribution >= 0.6 is 0 Å². The molecule has 1 saturated heterocycles. The fraction of sp³-hybridized carbons (Fsp3) is 0.348. The largest absolute Gasteiger partial charge is 0.497 e. The van der Waals surface area contributed by atoms with Crippen LogP contribution in [-0.2, 0) is 9.59 Å². The van der Waals surface area contributed by atoms with Gasteiger partial charge >= 0.3 is 6.03 Å². The van der Waals surface area contributed by atoms with E-state index >= 15 is 0 Å². The van der Waals surface area contributed by atoms with Crippen molar-refractivity contribution in [2.45, 2.75) is 30.8 Å². The normalized spacial score (nSPS) is 16.8. The van der Waals surface area contributed by atoms with Crippen molar-refractivity contribution in [3.63, 3.8) is 0 Å². The summed E-state index contributed by atoms with van der Waals surface area (Å²) < 4.78 is 10.4. The van der Waals surface area contributed by atoms with Crippen molar-refractivity contribution in [2.75, 3.05) is 20.8 Å². The van der Waals surface area contributed by atoms with Gasteiger partial charge in [-0.3, -0.25) is 14.5 Å². The van der Waals surface area contributed by atoms with E-state index in [2.05, 4.69) is 10.6 Å². The van der Waals surface area contributed by atoms with Gasteiger partial charge in [0.25, 0.3) is 5.91 Å². The van der Waals surface area contributed by atoms with Crippen LogP contribution in [0.5, 0.6) is 11.5 Å². The molecule has 1 aliphatic carbocycles. The summed E-state index contributed by atoms with van der Waals surface area (Å²) in [6, 6.07) is 13.7. The number of carbonyl (C=O) groups is 3. The Morgan fingerprint density at radius 3 is 1.90 bits per heavy atom. The first-order valence-corrected chi connectivity index (χ1v) is 10.2. The highest BCUT2D eigenvalue weighted by atomic mass is 16.5. The highest BCUT2D eigenvalue weighted by molar-refractivity contribution is 6.09. The Morgan fingerprint density at radius 2 is 1.52 bits per heavy atom. The Bertz CT molecular complexity index is 936. The summed E-state index contributed by atoms with van der Waals surface area (Å²) >= 11 is 0. The van der Waals surface area contributed by atoms with Gasteiger partial charge in [0, 0.05) is 0 Å². The lowest BCUT2D eigenvalue weighted by atomic mass is 9.77. The molecule has 4 rings (SSSR count).